The van der Waals surface area contributed by atoms with Gasteiger partial charge in [-0.1, -0.05) is 29.8 Å². The largest absolute Gasteiger partial charge is 0.497 e. The van der Waals surface area contributed by atoms with Crippen LogP contribution < -0.4 is 20.1 Å². The third-order valence-electron chi connectivity index (χ3n) is 7.69. The van der Waals surface area contributed by atoms with Gasteiger partial charge < -0.3 is 15.2 Å². The fourth-order valence-corrected chi connectivity index (χ4v) is 5.60. The summed E-state index contributed by atoms with van der Waals surface area (Å²) in [4.78, 5) is 15.4. The summed E-state index contributed by atoms with van der Waals surface area (Å²) in [5.41, 5.74) is 14.7. The van der Waals surface area contributed by atoms with Crippen LogP contribution in [-0.2, 0) is 11.4 Å². The van der Waals surface area contributed by atoms with Gasteiger partial charge in [0.05, 0.1) is 24.7 Å². The van der Waals surface area contributed by atoms with Crippen LogP contribution in [0.5, 0.6) is 11.5 Å². The molecule has 1 heterocycles. The van der Waals surface area contributed by atoms with Gasteiger partial charge in [-0.15, -0.1) is 0 Å². The van der Waals surface area contributed by atoms with Gasteiger partial charge >= 0.3 is 0 Å². The number of methoxy groups -OCH3 is 1. The summed E-state index contributed by atoms with van der Waals surface area (Å²) in [6.45, 7) is 6.51. The second-order valence-electron chi connectivity index (χ2n) is 10.3. The molecule has 39 heavy (non-hydrogen) atoms. The molecule has 3 aromatic rings. The Morgan fingerprint density at radius 1 is 0.974 bits per heavy atom. The number of carbonyl (C=O) groups is 1. The minimum atomic E-state index is -0.522. The number of ketones is 1. The van der Waals surface area contributed by atoms with Gasteiger partial charge in [-0.05, 0) is 92.3 Å². The number of rotatable bonds is 6. The fourth-order valence-electron chi connectivity index (χ4n) is 5.60. The summed E-state index contributed by atoms with van der Waals surface area (Å²) in [5, 5.41) is 10.4. The zero-order valence-corrected chi connectivity index (χ0v) is 22.9. The normalized spacial score (nSPS) is 17.2. The lowest BCUT2D eigenvalue weighted by Gasteiger charge is -2.40. The van der Waals surface area contributed by atoms with E-state index >= 15 is 0 Å². The summed E-state index contributed by atoms with van der Waals surface area (Å²) in [6, 6.07) is 22.1. The van der Waals surface area contributed by atoms with E-state index in [1.54, 1.807) is 7.11 Å². The van der Waals surface area contributed by atoms with Gasteiger partial charge in [0.2, 0.25) is 0 Å². The van der Waals surface area contributed by atoms with E-state index in [1.807, 2.05) is 67.3 Å². The van der Waals surface area contributed by atoms with Crippen LogP contribution in [0.25, 0.3) is 0 Å². The molecule has 0 radical (unpaired) electrons. The van der Waals surface area contributed by atoms with Crippen molar-refractivity contribution < 1.29 is 14.3 Å². The third-order valence-corrected chi connectivity index (χ3v) is 7.69. The third kappa shape index (κ3) is 4.88. The van der Waals surface area contributed by atoms with Crippen LogP contribution in [0, 0.1) is 32.1 Å². The fraction of sp³-hybridized carbons (Fsp3) is 0.273. The smallest absolute Gasteiger partial charge is 0.161 e. The Hall–Kier alpha value is -4.50. The number of hydrogen-bond donors (Lipinski definition) is 1. The Morgan fingerprint density at radius 2 is 1.67 bits per heavy atom. The molecule has 6 nitrogen and oxygen atoms in total. The predicted octanol–water partition coefficient (Wildman–Crippen LogP) is 6.50. The highest BCUT2D eigenvalue weighted by Crippen LogP contribution is 2.47. The van der Waals surface area contributed by atoms with Crippen LogP contribution >= 0.6 is 0 Å². The molecular weight excluding hydrogens is 486 g/mol. The van der Waals surface area contributed by atoms with Crippen molar-refractivity contribution in [3.8, 4) is 17.6 Å². The molecule has 1 aliphatic carbocycles. The van der Waals surface area contributed by atoms with E-state index in [4.69, 9.17) is 15.2 Å². The maximum absolute atomic E-state index is 13.6. The highest BCUT2D eigenvalue weighted by molar-refractivity contribution is 6.01. The van der Waals surface area contributed by atoms with Gasteiger partial charge in [-0.25, -0.2) is 0 Å². The molecule has 0 bridgehead atoms. The van der Waals surface area contributed by atoms with Crippen molar-refractivity contribution in [1.29, 1.82) is 5.26 Å². The van der Waals surface area contributed by atoms with Crippen molar-refractivity contribution in [3.05, 3.63) is 111 Å². The number of nitriles is 1. The number of benzene rings is 3. The van der Waals surface area contributed by atoms with Crippen molar-refractivity contribution in [3.63, 3.8) is 0 Å². The molecule has 0 aromatic heterocycles. The van der Waals surface area contributed by atoms with Crippen molar-refractivity contribution in [1.82, 2.24) is 0 Å². The summed E-state index contributed by atoms with van der Waals surface area (Å²) in [6.07, 6.45) is 1.91. The zero-order valence-electron chi connectivity index (χ0n) is 22.9. The standard InChI is InChI=1S/C33H33N3O3/c1-20-8-12-26(13-9-20)39-19-23-17-27(22(3)16-21(23)2)31-28(18-34)33(35)36(24-10-14-25(38-4)15-11-24)29-6-5-7-30(37)32(29)31/h8-17,31H,5-7,19,35H2,1-4H3. The lowest BCUT2D eigenvalue weighted by atomic mass is 9.74. The number of carbonyl (C=O) groups excluding carboxylic acids is 1. The first kappa shape index (κ1) is 26.1. The van der Waals surface area contributed by atoms with E-state index in [-0.39, 0.29) is 5.78 Å². The van der Waals surface area contributed by atoms with Gasteiger partial charge in [-0.3, -0.25) is 9.69 Å². The molecule has 0 amide bonds. The Balaban J connectivity index is 1.61. The molecule has 198 valence electrons. The minimum absolute atomic E-state index is 0.0671. The maximum atomic E-state index is 13.6. The number of hydrogen-bond acceptors (Lipinski definition) is 6. The average Bonchev–Trinajstić information content (AvgIpc) is 2.93. The van der Waals surface area contributed by atoms with Crippen LogP contribution in [0.1, 0.15) is 53.0 Å². The second-order valence-corrected chi connectivity index (χ2v) is 10.3. The molecule has 3 aromatic carbocycles. The van der Waals surface area contributed by atoms with Crippen LogP contribution in [0.15, 0.2) is 83.3 Å². The quantitative estimate of drug-likeness (QED) is 0.400. The van der Waals surface area contributed by atoms with Gasteiger partial charge in [0.1, 0.15) is 23.9 Å². The van der Waals surface area contributed by atoms with Gasteiger partial charge in [0.25, 0.3) is 0 Å². The zero-order chi connectivity index (χ0) is 27.7. The Labute approximate surface area is 230 Å². The van der Waals surface area contributed by atoms with E-state index in [0.717, 1.165) is 51.6 Å². The van der Waals surface area contributed by atoms with E-state index in [1.165, 1.54) is 5.56 Å². The van der Waals surface area contributed by atoms with Crippen LogP contribution in [0.4, 0.5) is 5.69 Å². The molecule has 2 aliphatic rings. The van der Waals surface area contributed by atoms with E-state index < -0.39 is 5.92 Å². The maximum Gasteiger partial charge on any atom is 0.161 e. The molecule has 0 spiro atoms. The highest BCUT2D eigenvalue weighted by Gasteiger charge is 2.41. The number of ether oxygens (including phenoxy) is 2. The van der Waals surface area contributed by atoms with E-state index in [2.05, 4.69) is 25.1 Å². The lowest BCUT2D eigenvalue weighted by molar-refractivity contribution is -0.116. The summed E-state index contributed by atoms with van der Waals surface area (Å²) in [7, 11) is 1.62. The number of Topliss-reactive ketones (excluding diaryl/α,β-unsaturated/α-hetero) is 1. The van der Waals surface area contributed by atoms with Crippen molar-refractivity contribution >= 4 is 11.5 Å². The number of anilines is 1. The van der Waals surface area contributed by atoms with E-state index in [0.29, 0.717) is 36.4 Å². The van der Waals surface area contributed by atoms with Crippen LogP contribution in [-0.4, -0.2) is 12.9 Å². The van der Waals surface area contributed by atoms with Gasteiger partial charge in [0, 0.05) is 23.4 Å². The lowest BCUT2D eigenvalue weighted by Crippen LogP contribution is -2.38. The predicted molar refractivity (Wildman–Crippen MR) is 152 cm³/mol. The Bertz CT molecular complexity index is 1530. The molecule has 1 unspecified atom stereocenters. The first-order valence-electron chi connectivity index (χ1n) is 13.2. The first-order valence-corrected chi connectivity index (χ1v) is 13.2. The van der Waals surface area contributed by atoms with Crippen LogP contribution in [0.3, 0.4) is 0 Å². The molecule has 2 N–H and O–H groups in total. The molecule has 0 saturated heterocycles. The van der Waals surface area contributed by atoms with E-state index in [9.17, 15) is 10.1 Å². The molecule has 6 heteroatoms. The number of allylic oxidation sites excluding steroid dienone is 3. The SMILES string of the molecule is COc1ccc(N2C(N)=C(C#N)C(c3cc(COc4ccc(C)cc4)c(C)cc3C)C3=C2CCCC3=O)cc1. The topological polar surface area (TPSA) is 88.6 Å². The Morgan fingerprint density at radius 3 is 2.33 bits per heavy atom. The molecule has 1 atom stereocenters. The monoisotopic (exact) mass is 519 g/mol. The minimum Gasteiger partial charge on any atom is -0.497 e. The van der Waals surface area contributed by atoms with Gasteiger partial charge in [0.15, 0.2) is 5.78 Å². The highest BCUT2D eigenvalue weighted by atomic mass is 16.5. The summed E-state index contributed by atoms with van der Waals surface area (Å²) >= 11 is 0. The summed E-state index contributed by atoms with van der Waals surface area (Å²) in [5.74, 6) is 1.42. The van der Waals surface area contributed by atoms with Crippen molar-refractivity contribution in [2.75, 3.05) is 12.0 Å². The Kier molecular flexibility index (Phi) is 7.17. The number of nitrogens with zero attached hydrogens (tertiary/aromatic N) is 2. The number of nitrogens with two attached hydrogens (primary N) is 1. The molecule has 0 saturated carbocycles. The second kappa shape index (κ2) is 10.7. The average molecular weight is 520 g/mol. The van der Waals surface area contributed by atoms with Crippen LogP contribution in [0.2, 0.25) is 0 Å². The summed E-state index contributed by atoms with van der Waals surface area (Å²) < 4.78 is 11.4. The molecule has 1 aliphatic heterocycles. The van der Waals surface area contributed by atoms with Crippen molar-refractivity contribution in [2.45, 2.75) is 52.6 Å². The molecule has 5 rings (SSSR count). The number of aryl methyl sites for hydroxylation is 3. The van der Waals surface area contributed by atoms with Crippen molar-refractivity contribution in [2.24, 2.45) is 5.73 Å². The first-order chi connectivity index (χ1) is 18.8. The molecular formula is C33H33N3O3. The molecule has 0 fully saturated rings. The van der Waals surface area contributed by atoms with Gasteiger partial charge in [-0.2, -0.15) is 5.26 Å².